The molecule has 0 saturated heterocycles. The number of carbonyl (C=O) groups is 1. The zero-order valence-electron chi connectivity index (χ0n) is 2.80. The predicted molar refractivity (Wildman–Crippen MR) is 36.4 cm³/mol. The van der Waals surface area contributed by atoms with Crippen molar-refractivity contribution < 1.29 is 26.0 Å². The first-order valence-corrected chi connectivity index (χ1v) is 0.651. The fraction of sp³-hybridized carbons (Fsp3) is 0. The molecule has 0 atom stereocenters. The molecule has 0 heterocycles. The Labute approximate surface area is 72.6 Å². The lowest BCUT2D eigenvalue weighted by Gasteiger charge is -1.60. The van der Waals surface area contributed by atoms with Gasteiger partial charge in [-0.15, -0.1) is 0 Å². The molecule has 5 nitrogen and oxygen atoms in total. The van der Waals surface area contributed by atoms with E-state index in [0.717, 1.165) is 0 Å². The maximum Gasteiger partial charge on any atom is 0.503 e. The van der Waals surface area contributed by atoms with E-state index in [1.807, 2.05) is 0 Å². The largest absolute Gasteiger partial charge is 0.503 e. The van der Waals surface area contributed by atoms with Crippen molar-refractivity contribution in [2.45, 2.75) is 0 Å². The van der Waals surface area contributed by atoms with Crippen LogP contribution in [0.25, 0.3) is 0 Å². The second kappa shape index (κ2) is 25.9. The highest BCUT2D eigenvalue weighted by Gasteiger charge is 1.70. The summed E-state index contributed by atoms with van der Waals surface area (Å²) in [6.45, 7) is 0. The van der Waals surface area contributed by atoms with E-state index in [9.17, 15) is 0 Å². The summed E-state index contributed by atoms with van der Waals surface area (Å²) in [6, 6.07) is 0. The van der Waals surface area contributed by atoms with Crippen molar-refractivity contribution in [3.8, 4) is 0 Å². The molecule has 7 heteroatoms. The van der Waals surface area contributed by atoms with Gasteiger partial charge in [0, 0.05) is 0 Å². The Balaban J connectivity index is -0.00000000750. The number of hydrogen-bond acceptors (Lipinski definition) is 1. The van der Waals surface area contributed by atoms with Gasteiger partial charge < -0.3 is 21.2 Å². The molecule has 0 spiro atoms. The molecule has 0 unspecified atom stereocenters. The molecule has 0 aliphatic rings. The highest BCUT2D eigenvalue weighted by Crippen LogP contribution is 1.42. The summed E-state index contributed by atoms with van der Waals surface area (Å²) >= 11 is 0. The van der Waals surface area contributed by atoms with E-state index in [2.05, 4.69) is 0 Å². The Kier molecular flexibility index (Phi) is 127. The van der Waals surface area contributed by atoms with Gasteiger partial charge in [0.1, 0.15) is 0 Å². The Bertz CT molecular complexity index is 35.4. The van der Waals surface area contributed by atoms with Crippen molar-refractivity contribution in [1.29, 1.82) is 0 Å². The molecule has 0 aliphatic heterocycles. The first-order chi connectivity index (χ1) is 1.73. The van der Waals surface area contributed by atoms with Gasteiger partial charge in [0.05, 0.1) is 0 Å². The lowest BCUT2D eigenvalue weighted by molar-refractivity contribution is 0.137. The van der Waals surface area contributed by atoms with Gasteiger partial charge in [-0.3, -0.25) is 0 Å². The van der Waals surface area contributed by atoms with Crippen LogP contribution in [0.1, 0.15) is 0 Å². The standard InChI is InChI=1S/CH2O3.Al.Mg.2H2O.5H/c2-1(3)4;;;;;;;;;/h(H2,2,3,4);;;2*1H2;;;;;. The van der Waals surface area contributed by atoms with Gasteiger partial charge in [-0.2, -0.15) is 0 Å². The molecule has 0 aliphatic carbocycles. The minimum absolute atomic E-state index is 0. The zero-order chi connectivity index (χ0) is 3.58. The van der Waals surface area contributed by atoms with Crippen molar-refractivity contribution in [3.63, 3.8) is 0 Å². The summed E-state index contributed by atoms with van der Waals surface area (Å²) in [5, 5.41) is 13.9. The van der Waals surface area contributed by atoms with Crippen LogP contribution in [-0.4, -0.2) is 67.7 Å². The van der Waals surface area contributed by atoms with Gasteiger partial charge in [0.25, 0.3) is 0 Å². The molecular weight excluding hydrogens is 143 g/mol. The average molecular weight is 154 g/mol. The van der Waals surface area contributed by atoms with E-state index in [1.165, 1.54) is 0 Å². The van der Waals surface area contributed by atoms with Crippen LogP contribution in [0.3, 0.4) is 0 Å². The number of hydrogen-bond donors (Lipinski definition) is 2. The summed E-state index contributed by atoms with van der Waals surface area (Å²) in [5.41, 5.74) is 0. The van der Waals surface area contributed by atoms with Crippen molar-refractivity contribution in [2.24, 2.45) is 0 Å². The molecular formula is CH11AlMgO5. The van der Waals surface area contributed by atoms with Gasteiger partial charge in [0.2, 0.25) is 0 Å². The van der Waals surface area contributed by atoms with Crippen LogP contribution in [0.2, 0.25) is 0 Å². The van der Waals surface area contributed by atoms with E-state index >= 15 is 0 Å². The molecule has 0 bridgehead atoms. The van der Waals surface area contributed by atoms with E-state index in [4.69, 9.17) is 15.0 Å². The molecule has 0 fully saturated rings. The van der Waals surface area contributed by atoms with E-state index in [0.29, 0.717) is 0 Å². The van der Waals surface area contributed by atoms with Crippen molar-refractivity contribution in [1.82, 2.24) is 0 Å². The summed E-state index contributed by atoms with van der Waals surface area (Å²) in [7, 11) is 0. The fourth-order valence-corrected chi connectivity index (χ4v) is 0. The maximum atomic E-state index is 8.56. The summed E-state index contributed by atoms with van der Waals surface area (Å²) in [5.74, 6) is 0. The predicted octanol–water partition coefficient (Wildman–Crippen LogP) is -3.53. The topological polar surface area (TPSA) is 121 Å². The third kappa shape index (κ3) is 818. The third-order valence-corrected chi connectivity index (χ3v) is 0. The molecule has 0 rings (SSSR count). The minimum atomic E-state index is -1.83. The van der Waals surface area contributed by atoms with Gasteiger partial charge in [0.15, 0.2) is 17.4 Å². The number of carboxylic acid groups (broad SMARTS) is 2. The quantitative estimate of drug-likeness (QED) is 0.352. The Hall–Kier alpha value is 0.489. The maximum absolute atomic E-state index is 8.56. The number of rotatable bonds is 0. The normalized spacial score (nSPS) is 3.00. The fourth-order valence-electron chi connectivity index (χ4n) is 0. The molecule has 0 aromatic carbocycles. The Morgan fingerprint density at radius 3 is 1.12 bits per heavy atom. The van der Waals surface area contributed by atoms with Gasteiger partial charge in [-0.05, 0) is 0 Å². The third-order valence-electron chi connectivity index (χ3n) is 0. The minimum Gasteiger partial charge on any atom is -0.450 e. The zero-order valence-corrected chi connectivity index (χ0v) is 2.80. The van der Waals surface area contributed by atoms with Crippen molar-refractivity contribution in [3.05, 3.63) is 0 Å². The first kappa shape index (κ1) is 39.1. The van der Waals surface area contributed by atoms with Crippen molar-refractivity contribution >= 4 is 46.6 Å². The van der Waals surface area contributed by atoms with Crippen LogP contribution >= 0.6 is 0 Å². The van der Waals surface area contributed by atoms with Crippen LogP contribution < -0.4 is 0 Å². The molecule has 0 amide bonds. The van der Waals surface area contributed by atoms with Gasteiger partial charge >= 0.3 is 29.2 Å². The monoisotopic (exact) mass is 154 g/mol. The molecule has 50 valence electrons. The van der Waals surface area contributed by atoms with E-state index in [-0.39, 0.29) is 51.4 Å². The van der Waals surface area contributed by atoms with Crippen LogP contribution in [0, 0.1) is 0 Å². The highest BCUT2D eigenvalue weighted by molar-refractivity contribution is 5.76. The van der Waals surface area contributed by atoms with Crippen LogP contribution in [0.15, 0.2) is 0 Å². The van der Waals surface area contributed by atoms with Crippen LogP contribution in [-0.2, 0) is 0 Å². The lowest BCUT2D eigenvalue weighted by atomic mass is 11.5. The summed E-state index contributed by atoms with van der Waals surface area (Å²) in [4.78, 5) is 8.56. The molecule has 0 aromatic rings. The summed E-state index contributed by atoms with van der Waals surface area (Å²) < 4.78 is 0. The van der Waals surface area contributed by atoms with E-state index < -0.39 is 6.16 Å². The lowest BCUT2D eigenvalue weighted by Crippen LogP contribution is -1.81. The molecule has 6 N–H and O–H groups in total. The second-order valence-electron chi connectivity index (χ2n) is 0.283. The molecule has 0 aromatic heterocycles. The average Bonchev–Trinajstić information content (AvgIpc) is 0.811. The van der Waals surface area contributed by atoms with E-state index in [1.54, 1.807) is 0 Å². The summed E-state index contributed by atoms with van der Waals surface area (Å²) in [6.07, 6.45) is -1.83. The molecule has 0 radical (unpaired) electrons. The molecule has 8 heavy (non-hydrogen) atoms. The SMILES string of the molecule is O.O.O=C(O)O.[AlH3].[MgH2]. The highest BCUT2D eigenvalue weighted by atomic mass is 27.0. The first-order valence-electron chi connectivity index (χ1n) is 0.651. The Morgan fingerprint density at radius 2 is 1.12 bits per heavy atom. The van der Waals surface area contributed by atoms with Gasteiger partial charge in [-0.25, -0.2) is 4.79 Å². The molecule has 0 saturated carbocycles. The Morgan fingerprint density at radius 1 is 1.12 bits per heavy atom. The smallest absolute Gasteiger partial charge is 0.450 e. The second-order valence-corrected chi connectivity index (χ2v) is 0.283. The van der Waals surface area contributed by atoms with Gasteiger partial charge in [-0.1, -0.05) is 0 Å². The van der Waals surface area contributed by atoms with Crippen LogP contribution in [0.4, 0.5) is 4.79 Å². The van der Waals surface area contributed by atoms with Crippen LogP contribution in [0.5, 0.6) is 0 Å². The van der Waals surface area contributed by atoms with Crippen molar-refractivity contribution in [2.75, 3.05) is 0 Å².